The number of carbonyl (C=O) groups is 3. The molecule has 6 heteroatoms. The molecule has 0 saturated carbocycles. The molecule has 0 aromatic carbocycles. The van der Waals surface area contributed by atoms with Crippen LogP contribution in [-0.4, -0.2) is 42.5 Å². The van der Waals surface area contributed by atoms with Crippen molar-refractivity contribution in [3.05, 3.63) is 11.8 Å². The Hall–Kier alpha value is -1.85. The molecule has 0 unspecified atom stereocenters. The van der Waals surface area contributed by atoms with Gasteiger partial charge < -0.3 is 14.4 Å². The third-order valence-corrected chi connectivity index (χ3v) is 2.97. The Morgan fingerprint density at radius 3 is 2.20 bits per heavy atom. The van der Waals surface area contributed by atoms with Gasteiger partial charge in [-0.1, -0.05) is 0 Å². The highest BCUT2D eigenvalue weighted by Crippen LogP contribution is 2.19. The first-order chi connectivity index (χ1) is 9.51. The van der Waals surface area contributed by atoms with Gasteiger partial charge in [0.15, 0.2) is 5.92 Å². The minimum Gasteiger partial charge on any atom is -0.465 e. The highest BCUT2D eigenvalue weighted by Gasteiger charge is 2.32. The SMILES string of the molecule is CCOC(=O)C(C(=O)OCC)/C(C)=C\N1CCCC1=O. The molecule has 1 fully saturated rings. The summed E-state index contributed by atoms with van der Waals surface area (Å²) in [6.07, 6.45) is 2.83. The standard InChI is InChI=1S/C14H21NO5/c1-4-19-13(17)12(14(18)20-5-2)10(3)9-15-8-6-7-11(15)16/h9,12H,4-8H2,1-3H3/b10-9-. The summed E-state index contributed by atoms with van der Waals surface area (Å²) in [4.78, 5) is 36.9. The molecule has 0 spiro atoms. The largest absolute Gasteiger partial charge is 0.465 e. The van der Waals surface area contributed by atoms with Gasteiger partial charge in [0.1, 0.15) is 0 Å². The van der Waals surface area contributed by atoms with Crippen LogP contribution in [-0.2, 0) is 23.9 Å². The second-order valence-corrected chi connectivity index (χ2v) is 4.50. The van der Waals surface area contributed by atoms with Gasteiger partial charge in [-0.3, -0.25) is 14.4 Å². The Bertz CT molecular complexity index is 398. The lowest BCUT2D eigenvalue weighted by Crippen LogP contribution is -2.30. The Kier molecular flexibility index (Phi) is 6.21. The van der Waals surface area contributed by atoms with E-state index in [9.17, 15) is 14.4 Å². The van der Waals surface area contributed by atoms with Gasteiger partial charge >= 0.3 is 11.9 Å². The van der Waals surface area contributed by atoms with Crippen molar-refractivity contribution in [2.75, 3.05) is 19.8 Å². The van der Waals surface area contributed by atoms with E-state index in [-0.39, 0.29) is 19.1 Å². The molecule has 1 rings (SSSR count). The first-order valence-corrected chi connectivity index (χ1v) is 6.82. The Morgan fingerprint density at radius 2 is 1.80 bits per heavy atom. The zero-order chi connectivity index (χ0) is 15.1. The number of nitrogens with zero attached hydrogens (tertiary/aromatic N) is 1. The van der Waals surface area contributed by atoms with Crippen LogP contribution < -0.4 is 0 Å². The van der Waals surface area contributed by atoms with Crippen LogP contribution in [0.15, 0.2) is 11.8 Å². The Labute approximate surface area is 118 Å². The van der Waals surface area contributed by atoms with E-state index < -0.39 is 17.9 Å². The summed E-state index contributed by atoms with van der Waals surface area (Å²) in [6.45, 7) is 5.94. The summed E-state index contributed by atoms with van der Waals surface area (Å²) in [5.74, 6) is -2.41. The molecule has 0 N–H and O–H groups in total. The van der Waals surface area contributed by atoms with Gasteiger partial charge in [-0.2, -0.15) is 0 Å². The number of hydrogen-bond acceptors (Lipinski definition) is 5. The van der Waals surface area contributed by atoms with Gasteiger partial charge in [-0.25, -0.2) is 0 Å². The molecule has 0 aromatic heterocycles. The van der Waals surface area contributed by atoms with E-state index in [0.29, 0.717) is 18.5 Å². The second-order valence-electron chi connectivity index (χ2n) is 4.50. The molecule has 1 aliphatic heterocycles. The van der Waals surface area contributed by atoms with Crippen LogP contribution in [0.1, 0.15) is 33.6 Å². The quantitative estimate of drug-likeness (QED) is 0.542. The van der Waals surface area contributed by atoms with Crippen molar-refractivity contribution in [1.29, 1.82) is 0 Å². The molecular weight excluding hydrogens is 262 g/mol. The van der Waals surface area contributed by atoms with Crippen molar-refractivity contribution in [1.82, 2.24) is 4.90 Å². The molecule has 1 heterocycles. The van der Waals surface area contributed by atoms with E-state index in [1.165, 1.54) is 4.90 Å². The number of rotatable bonds is 6. The van der Waals surface area contributed by atoms with E-state index in [1.54, 1.807) is 27.0 Å². The summed E-state index contributed by atoms with van der Waals surface area (Å²) >= 11 is 0. The molecule has 20 heavy (non-hydrogen) atoms. The molecule has 1 amide bonds. The number of hydrogen-bond donors (Lipinski definition) is 0. The van der Waals surface area contributed by atoms with E-state index in [4.69, 9.17) is 9.47 Å². The van der Waals surface area contributed by atoms with Crippen LogP contribution in [0.3, 0.4) is 0 Å². The molecule has 1 aliphatic rings. The monoisotopic (exact) mass is 283 g/mol. The maximum atomic E-state index is 11.9. The van der Waals surface area contributed by atoms with Crippen LogP contribution in [0.2, 0.25) is 0 Å². The maximum Gasteiger partial charge on any atom is 0.324 e. The van der Waals surface area contributed by atoms with Crippen LogP contribution in [0.4, 0.5) is 0 Å². The third-order valence-electron chi connectivity index (χ3n) is 2.97. The number of ether oxygens (including phenoxy) is 2. The van der Waals surface area contributed by atoms with E-state index in [0.717, 1.165) is 6.42 Å². The predicted octanol–water partition coefficient (Wildman–Crippen LogP) is 1.26. The first kappa shape index (κ1) is 16.2. The average molecular weight is 283 g/mol. The molecule has 6 nitrogen and oxygen atoms in total. The third kappa shape index (κ3) is 4.08. The van der Waals surface area contributed by atoms with E-state index in [2.05, 4.69) is 0 Å². The molecule has 0 atom stereocenters. The fourth-order valence-corrected chi connectivity index (χ4v) is 2.05. The lowest BCUT2D eigenvalue weighted by atomic mass is 10.0. The van der Waals surface area contributed by atoms with Gasteiger partial charge in [0, 0.05) is 19.2 Å². The summed E-state index contributed by atoms with van der Waals surface area (Å²) in [7, 11) is 0. The van der Waals surface area contributed by atoms with Gasteiger partial charge in [-0.15, -0.1) is 0 Å². The number of likely N-dealkylation sites (tertiary alicyclic amines) is 1. The van der Waals surface area contributed by atoms with Gasteiger partial charge in [0.05, 0.1) is 13.2 Å². The highest BCUT2D eigenvalue weighted by atomic mass is 16.6. The molecule has 0 bridgehead atoms. The smallest absolute Gasteiger partial charge is 0.324 e. The van der Waals surface area contributed by atoms with Gasteiger partial charge in [0.2, 0.25) is 5.91 Å². The number of carbonyl (C=O) groups excluding carboxylic acids is 3. The van der Waals surface area contributed by atoms with Crippen molar-refractivity contribution in [2.45, 2.75) is 33.6 Å². The van der Waals surface area contributed by atoms with Gasteiger partial charge in [0.25, 0.3) is 0 Å². The minimum absolute atomic E-state index is 0.00387. The van der Waals surface area contributed by atoms with Crippen LogP contribution in [0.5, 0.6) is 0 Å². The minimum atomic E-state index is -1.11. The van der Waals surface area contributed by atoms with Crippen molar-refractivity contribution in [2.24, 2.45) is 5.92 Å². The molecule has 1 saturated heterocycles. The Balaban J connectivity index is 2.90. The topological polar surface area (TPSA) is 72.9 Å². The summed E-state index contributed by atoms with van der Waals surface area (Å²) < 4.78 is 9.80. The van der Waals surface area contributed by atoms with Gasteiger partial charge in [-0.05, 0) is 32.8 Å². The molecule has 112 valence electrons. The summed E-state index contributed by atoms with van der Waals surface area (Å²) in [5.41, 5.74) is 0.456. The maximum absolute atomic E-state index is 11.9. The number of amides is 1. The lowest BCUT2D eigenvalue weighted by molar-refractivity contribution is -0.159. The zero-order valence-corrected chi connectivity index (χ0v) is 12.2. The fraction of sp³-hybridized carbons (Fsp3) is 0.643. The van der Waals surface area contributed by atoms with Crippen molar-refractivity contribution in [3.8, 4) is 0 Å². The van der Waals surface area contributed by atoms with E-state index in [1.807, 2.05) is 0 Å². The number of esters is 2. The van der Waals surface area contributed by atoms with E-state index >= 15 is 0 Å². The first-order valence-electron chi connectivity index (χ1n) is 6.82. The second kappa shape index (κ2) is 7.67. The van der Waals surface area contributed by atoms with Crippen molar-refractivity contribution < 1.29 is 23.9 Å². The molecule has 0 aromatic rings. The average Bonchev–Trinajstić information content (AvgIpc) is 2.76. The fourth-order valence-electron chi connectivity index (χ4n) is 2.05. The summed E-state index contributed by atoms with van der Waals surface area (Å²) in [6, 6.07) is 0. The Morgan fingerprint density at radius 1 is 1.25 bits per heavy atom. The normalized spacial score (nSPS) is 15.7. The molecule has 0 aliphatic carbocycles. The van der Waals surface area contributed by atoms with Crippen LogP contribution in [0.25, 0.3) is 0 Å². The van der Waals surface area contributed by atoms with Crippen molar-refractivity contribution >= 4 is 17.8 Å². The van der Waals surface area contributed by atoms with Crippen molar-refractivity contribution in [3.63, 3.8) is 0 Å². The molecule has 0 radical (unpaired) electrons. The zero-order valence-electron chi connectivity index (χ0n) is 12.2. The van der Waals surface area contributed by atoms with Crippen LogP contribution >= 0.6 is 0 Å². The molecular formula is C14H21NO5. The highest BCUT2D eigenvalue weighted by molar-refractivity contribution is 5.98. The van der Waals surface area contributed by atoms with Crippen LogP contribution in [0, 0.1) is 5.92 Å². The summed E-state index contributed by atoms with van der Waals surface area (Å²) in [5, 5.41) is 0. The lowest BCUT2D eigenvalue weighted by Gasteiger charge is -2.17. The predicted molar refractivity (Wildman–Crippen MR) is 71.5 cm³/mol.